The number of nitrogens with one attached hydrogen (secondary N) is 2. The average molecular weight is 456 g/mol. The van der Waals surface area contributed by atoms with E-state index in [0.29, 0.717) is 26.3 Å². The molecule has 1 atom stereocenters. The number of morpholine rings is 1. The van der Waals surface area contributed by atoms with E-state index in [9.17, 15) is 14.4 Å². The zero-order valence-electron chi connectivity index (χ0n) is 25.0. The molecule has 5 rings (SSSR count). The Morgan fingerprint density at radius 2 is 1.82 bits per heavy atom. The normalized spacial score (nSPS) is 24.1. The van der Waals surface area contributed by atoms with Gasteiger partial charge in [0.05, 0.1) is 22.8 Å². The molecule has 8 nitrogen and oxygen atoms in total. The first-order valence-electron chi connectivity index (χ1n) is 14.4. The van der Waals surface area contributed by atoms with Crippen LogP contribution in [0.5, 0.6) is 0 Å². The summed E-state index contributed by atoms with van der Waals surface area (Å²) in [6, 6.07) is -3.04. The van der Waals surface area contributed by atoms with Crippen molar-refractivity contribution in [2.24, 2.45) is 0 Å². The van der Waals surface area contributed by atoms with Crippen molar-refractivity contribution in [1.29, 1.82) is 0 Å². The molecule has 2 aromatic carbocycles. The Morgan fingerprint density at radius 3 is 2.58 bits per heavy atom. The Balaban J connectivity index is 1.45. The van der Waals surface area contributed by atoms with Gasteiger partial charge in [0.2, 0.25) is 11.8 Å². The van der Waals surface area contributed by atoms with E-state index in [-0.39, 0.29) is 90.6 Å². The SMILES string of the molecule is [2H]c1c([2H])c(NCc2c([2H])c([2H])c(CN3CCOCC3)c([2H])c2[2H])c2c(c1[2H])C(=O)N([C@@H]1CCC(=O)NC1=O)C2. The van der Waals surface area contributed by atoms with Gasteiger partial charge in [0.25, 0.3) is 5.91 Å². The number of rotatable bonds is 6. The number of carbonyl (C=O) groups is 3. The first kappa shape index (κ1) is 14.8. The summed E-state index contributed by atoms with van der Waals surface area (Å²) in [5, 5.41) is 5.15. The number of ether oxygens (including phenoxy) is 1. The van der Waals surface area contributed by atoms with Crippen LogP contribution >= 0.6 is 0 Å². The Bertz CT molecular complexity index is 1400. The maximum Gasteiger partial charge on any atom is 0.255 e. The molecule has 0 aromatic heterocycles. The Labute approximate surface area is 202 Å². The molecular formula is C25H28N4O4. The molecule has 0 saturated carbocycles. The Morgan fingerprint density at radius 1 is 1.06 bits per heavy atom. The minimum atomic E-state index is -0.941. The molecule has 0 unspecified atom stereocenters. The third kappa shape index (κ3) is 4.62. The van der Waals surface area contributed by atoms with Crippen molar-refractivity contribution >= 4 is 23.4 Å². The first-order valence-corrected chi connectivity index (χ1v) is 10.9. The highest BCUT2D eigenvalue weighted by Gasteiger charge is 2.39. The number of imide groups is 1. The van der Waals surface area contributed by atoms with Gasteiger partial charge in [0.15, 0.2) is 0 Å². The molecule has 2 saturated heterocycles. The van der Waals surface area contributed by atoms with Gasteiger partial charge < -0.3 is 15.0 Å². The summed E-state index contributed by atoms with van der Waals surface area (Å²) in [4.78, 5) is 40.5. The second-order valence-corrected chi connectivity index (χ2v) is 8.20. The maximum absolute atomic E-state index is 13.3. The highest BCUT2D eigenvalue weighted by atomic mass is 16.5. The Hall–Kier alpha value is -3.23. The number of fused-ring (bicyclic) bond motifs is 1. The van der Waals surface area contributed by atoms with Gasteiger partial charge in [-0.2, -0.15) is 0 Å². The lowest BCUT2D eigenvalue weighted by molar-refractivity contribution is -0.136. The number of anilines is 1. The van der Waals surface area contributed by atoms with Crippen LogP contribution in [0, 0.1) is 0 Å². The molecule has 2 fully saturated rings. The van der Waals surface area contributed by atoms with E-state index in [1.807, 2.05) is 4.90 Å². The highest BCUT2D eigenvalue weighted by Crippen LogP contribution is 2.32. The molecule has 0 aliphatic carbocycles. The number of nitrogens with zero attached hydrogens (tertiary/aromatic N) is 2. The van der Waals surface area contributed by atoms with Gasteiger partial charge in [-0.3, -0.25) is 24.6 Å². The summed E-state index contributed by atoms with van der Waals surface area (Å²) in [5.74, 6) is -1.72. The third-order valence-corrected chi connectivity index (χ3v) is 6.02. The number of piperidine rings is 1. The predicted octanol–water partition coefficient (Wildman–Crippen LogP) is 1.89. The lowest BCUT2D eigenvalue weighted by Gasteiger charge is -2.29. The van der Waals surface area contributed by atoms with Crippen molar-refractivity contribution in [1.82, 2.24) is 15.1 Å². The molecule has 0 radical (unpaired) electrons. The van der Waals surface area contributed by atoms with Crippen LogP contribution < -0.4 is 10.6 Å². The Kier molecular flexibility index (Phi) is 4.19. The molecule has 8 heteroatoms. The molecular weight excluding hydrogens is 420 g/mol. The van der Waals surface area contributed by atoms with Crippen molar-refractivity contribution in [3.63, 3.8) is 0 Å². The fraction of sp³-hybridized carbons (Fsp3) is 0.400. The number of amides is 3. The fourth-order valence-corrected chi connectivity index (χ4v) is 4.23. The standard InChI is InChI=1S/C25H28N4O4/c30-23-9-8-22(24(31)27-23)29-16-20-19(25(29)32)2-1-3-21(20)26-14-17-4-6-18(7-5-17)15-28-10-12-33-13-11-28/h1-7,22,26H,8-16H2,(H,27,30,31)/t22-/m1/s1/i1D,2D,3D,4D,5D,6D,7D. The van der Waals surface area contributed by atoms with E-state index in [1.54, 1.807) is 0 Å². The quantitative estimate of drug-likeness (QED) is 0.647. The molecule has 3 aliphatic heterocycles. The number of benzene rings is 2. The van der Waals surface area contributed by atoms with E-state index in [1.165, 1.54) is 4.90 Å². The smallest absolute Gasteiger partial charge is 0.255 e. The van der Waals surface area contributed by atoms with Crippen LogP contribution in [0.3, 0.4) is 0 Å². The largest absolute Gasteiger partial charge is 0.381 e. The summed E-state index contributed by atoms with van der Waals surface area (Å²) < 4.78 is 64.5. The monoisotopic (exact) mass is 455 g/mol. The van der Waals surface area contributed by atoms with Crippen molar-refractivity contribution in [2.45, 2.75) is 38.5 Å². The van der Waals surface area contributed by atoms with Gasteiger partial charge in [0.1, 0.15) is 6.04 Å². The van der Waals surface area contributed by atoms with Crippen LogP contribution in [0.4, 0.5) is 5.69 Å². The van der Waals surface area contributed by atoms with Gasteiger partial charge >= 0.3 is 0 Å². The van der Waals surface area contributed by atoms with Crippen molar-refractivity contribution < 1.29 is 28.7 Å². The van der Waals surface area contributed by atoms with E-state index in [2.05, 4.69) is 10.6 Å². The van der Waals surface area contributed by atoms with E-state index in [0.717, 1.165) is 0 Å². The molecule has 3 heterocycles. The van der Waals surface area contributed by atoms with Crippen molar-refractivity contribution in [3.8, 4) is 0 Å². The number of carbonyl (C=O) groups excluding carboxylic acids is 3. The molecule has 2 aromatic rings. The van der Waals surface area contributed by atoms with E-state index < -0.39 is 35.8 Å². The number of hydrogen-bond acceptors (Lipinski definition) is 6. The van der Waals surface area contributed by atoms with Crippen LogP contribution in [0.1, 0.15) is 49.5 Å². The topological polar surface area (TPSA) is 91.0 Å². The van der Waals surface area contributed by atoms with Crippen LogP contribution in [-0.2, 0) is 34.0 Å². The lowest BCUT2D eigenvalue weighted by Crippen LogP contribution is -2.52. The summed E-state index contributed by atoms with van der Waals surface area (Å²) >= 11 is 0. The molecule has 2 N–H and O–H groups in total. The molecule has 0 spiro atoms. The summed E-state index contributed by atoms with van der Waals surface area (Å²) in [6.45, 7) is 2.20. The molecule has 3 amide bonds. The van der Waals surface area contributed by atoms with Crippen LogP contribution in [-0.4, -0.2) is 59.9 Å². The van der Waals surface area contributed by atoms with Crippen LogP contribution in [0.2, 0.25) is 0 Å². The summed E-state index contributed by atoms with van der Waals surface area (Å²) in [5.41, 5.74) is 0.504. The van der Waals surface area contributed by atoms with E-state index >= 15 is 0 Å². The van der Waals surface area contributed by atoms with Gasteiger partial charge in [-0.15, -0.1) is 0 Å². The third-order valence-electron chi connectivity index (χ3n) is 6.02. The minimum absolute atomic E-state index is 0.0494. The summed E-state index contributed by atoms with van der Waals surface area (Å²) in [6.07, 6.45) is 0.162. The van der Waals surface area contributed by atoms with Gasteiger partial charge in [0, 0.05) is 56.0 Å². The fourth-order valence-electron chi connectivity index (χ4n) is 4.23. The number of hydrogen-bond donors (Lipinski definition) is 2. The zero-order valence-corrected chi connectivity index (χ0v) is 18.0. The average Bonchev–Trinajstić information content (AvgIpc) is 3.27. The van der Waals surface area contributed by atoms with Gasteiger partial charge in [-0.1, -0.05) is 30.2 Å². The van der Waals surface area contributed by atoms with Gasteiger partial charge in [-0.25, -0.2) is 0 Å². The predicted molar refractivity (Wildman–Crippen MR) is 122 cm³/mol. The zero-order chi connectivity index (χ0) is 28.9. The minimum Gasteiger partial charge on any atom is -0.381 e. The van der Waals surface area contributed by atoms with Crippen LogP contribution in [0.15, 0.2) is 42.3 Å². The second-order valence-electron chi connectivity index (χ2n) is 8.20. The van der Waals surface area contributed by atoms with Crippen LogP contribution in [0.25, 0.3) is 0 Å². The molecule has 172 valence electrons. The maximum atomic E-state index is 13.3. The molecule has 33 heavy (non-hydrogen) atoms. The lowest BCUT2D eigenvalue weighted by atomic mass is 10.0. The molecule has 0 bridgehead atoms. The van der Waals surface area contributed by atoms with Gasteiger partial charge in [-0.05, 0) is 29.6 Å². The van der Waals surface area contributed by atoms with Crippen molar-refractivity contribution in [2.75, 3.05) is 31.6 Å². The van der Waals surface area contributed by atoms with E-state index in [4.69, 9.17) is 14.3 Å². The highest BCUT2D eigenvalue weighted by molar-refractivity contribution is 6.06. The summed E-state index contributed by atoms with van der Waals surface area (Å²) in [7, 11) is 0. The first-order chi connectivity index (χ1) is 19.0. The van der Waals surface area contributed by atoms with Crippen molar-refractivity contribution in [3.05, 3.63) is 64.6 Å². The second kappa shape index (κ2) is 9.33. The molecule has 3 aliphatic rings.